The molecule has 38 heavy (non-hydrogen) atoms. The van der Waals surface area contributed by atoms with Crippen LogP contribution in [0.4, 0.5) is 0 Å². The number of carbonyl (C=O) groups is 1. The normalized spacial score (nSPS) is 15.1. The van der Waals surface area contributed by atoms with Gasteiger partial charge in [-0.3, -0.25) is 4.79 Å². The Bertz CT molecular complexity index is 1460. The number of hydrogen-bond donors (Lipinski definition) is 1. The van der Waals surface area contributed by atoms with Crippen molar-refractivity contribution >= 4 is 27.3 Å². The van der Waals surface area contributed by atoms with Gasteiger partial charge < -0.3 is 9.47 Å². The van der Waals surface area contributed by atoms with Crippen LogP contribution in [0.1, 0.15) is 62.8 Å². The summed E-state index contributed by atoms with van der Waals surface area (Å²) in [6.45, 7) is 5.72. The predicted octanol–water partition coefficient (Wildman–Crippen LogP) is 4.78. The lowest BCUT2D eigenvalue weighted by Gasteiger charge is -2.27. The zero-order valence-corrected chi connectivity index (χ0v) is 23.2. The van der Waals surface area contributed by atoms with E-state index < -0.39 is 16.0 Å². The Labute approximate surface area is 226 Å². The molecule has 0 saturated carbocycles. The van der Waals surface area contributed by atoms with Crippen molar-refractivity contribution in [1.82, 2.24) is 14.9 Å². The number of benzene rings is 2. The maximum Gasteiger partial charge on any atom is 0.306 e. The second kappa shape index (κ2) is 12.0. The van der Waals surface area contributed by atoms with Crippen molar-refractivity contribution in [1.29, 1.82) is 5.26 Å². The van der Waals surface area contributed by atoms with Gasteiger partial charge in [0.15, 0.2) is 0 Å². The summed E-state index contributed by atoms with van der Waals surface area (Å²) in [5.41, 5.74) is 4.08. The zero-order chi connectivity index (χ0) is 27.3. The van der Waals surface area contributed by atoms with Crippen molar-refractivity contribution in [3.05, 3.63) is 53.1 Å². The summed E-state index contributed by atoms with van der Waals surface area (Å²) >= 11 is 1.42. The molecule has 1 unspecified atom stereocenters. The summed E-state index contributed by atoms with van der Waals surface area (Å²) in [7, 11) is -3.68. The Balaban J connectivity index is 1.57. The quantitative estimate of drug-likeness (QED) is 0.354. The first kappa shape index (κ1) is 27.7. The van der Waals surface area contributed by atoms with Gasteiger partial charge in [-0.15, -0.1) is 10.2 Å². The number of nitriles is 1. The summed E-state index contributed by atoms with van der Waals surface area (Å²) in [5.74, 6) is -0.313. The first-order valence-corrected chi connectivity index (χ1v) is 15.0. The lowest BCUT2D eigenvalue weighted by atomic mass is 9.85. The topological polar surface area (TPSA) is 131 Å². The molecule has 0 fully saturated rings. The molecule has 1 N–H and O–H groups in total. The maximum atomic E-state index is 12.7. The highest BCUT2D eigenvalue weighted by Crippen LogP contribution is 2.39. The van der Waals surface area contributed by atoms with E-state index in [-0.39, 0.29) is 30.9 Å². The molecule has 0 saturated heterocycles. The first-order valence-electron chi connectivity index (χ1n) is 12.5. The van der Waals surface area contributed by atoms with Gasteiger partial charge in [0.25, 0.3) is 0 Å². The minimum Gasteiger partial charge on any atom is -0.490 e. The number of esters is 1. The molecule has 1 atom stereocenters. The summed E-state index contributed by atoms with van der Waals surface area (Å²) in [4.78, 5) is 11.6. The monoisotopic (exact) mass is 554 g/mol. The Hall–Kier alpha value is -3.33. The lowest BCUT2D eigenvalue weighted by Crippen LogP contribution is -2.33. The van der Waals surface area contributed by atoms with Crippen molar-refractivity contribution in [3.8, 4) is 33.0 Å². The molecule has 1 heterocycles. The molecule has 11 heteroatoms. The molecule has 0 radical (unpaired) electrons. The van der Waals surface area contributed by atoms with E-state index in [9.17, 15) is 18.5 Å². The molecule has 3 aromatic rings. The summed E-state index contributed by atoms with van der Waals surface area (Å²) in [6.07, 6.45) is 2.04. The highest BCUT2D eigenvalue weighted by atomic mass is 32.2. The summed E-state index contributed by atoms with van der Waals surface area (Å²) < 4.78 is 38.7. The fourth-order valence-electron chi connectivity index (χ4n) is 4.45. The number of hydrogen-bond acceptors (Lipinski definition) is 9. The number of nitrogens with zero attached hydrogens (tertiary/aromatic N) is 3. The smallest absolute Gasteiger partial charge is 0.306 e. The second-order valence-electron chi connectivity index (χ2n) is 9.21. The highest BCUT2D eigenvalue weighted by molar-refractivity contribution is 7.89. The minimum atomic E-state index is -3.68. The standard InChI is InChI=1S/C27H30N4O5S2/c1-4-35-25(32)13-14-38(33,34)31-23-10-6-7-20-21(23)8-5-9-22(20)27-30-29-26(37-27)18-11-12-24(36-17(2)3)19(15-18)16-28/h5,8-9,11-12,15,17,23,31H,4,6-7,10,13-14H2,1-3H3. The van der Waals surface area contributed by atoms with Crippen LogP contribution in [0.2, 0.25) is 0 Å². The van der Waals surface area contributed by atoms with Crippen LogP contribution in [-0.2, 0) is 26.0 Å². The van der Waals surface area contributed by atoms with E-state index in [2.05, 4.69) is 21.0 Å². The van der Waals surface area contributed by atoms with E-state index in [0.717, 1.165) is 40.1 Å². The number of ether oxygens (including phenoxy) is 2. The molecule has 1 aromatic heterocycles. The third kappa shape index (κ3) is 6.56. The van der Waals surface area contributed by atoms with E-state index in [0.29, 0.717) is 22.7 Å². The second-order valence-corrected chi connectivity index (χ2v) is 12.1. The van der Waals surface area contributed by atoms with Gasteiger partial charge in [0, 0.05) is 17.2 Å². The Kier molecular flexibility index (Phi) is 8.76. The van der Waals surface area contributed by atoms with E-state index in [1.54, 1.807) is 19.1 Å². The molecule has 200 valence electrons. The molecule has 0 amide bonds. The van der Waals surface area contributed by atoms with Crippen LogP contribution in [-0.4, -0.2) is 43.0 Å². The number of fused-ring (bicyclic) bond motifs is 1. The van der Waals surface area contributed by atoms with Crippen LogP contribution in [0.5, 0.6) is 5.75 Å². The van der Waals surface area contributed by atoms with Gasteiger partial charge in [-0.05, 0) is 69.4 Å². The predicted molar refractivity (Wildman–Crippen MR) is 145 cm³/mol. The number of rotatable bonds is 10. The SMILES string of the molecule is CCOC(=O)CCS(=O)(=O)NC1CCCc2c(-c3nnc(-c4ccc(OC(C)C)c(C#N)c4)s3)cccc21. The molecule has 2 aromatic carbocycles. The fraction of sp³-hybridized carbons (Fsp3) is 0.407. The third-order valence-corrected chi connectivity index (χ3v) is 8.47. The van der Waals surface area contributed by atoms with Crippen LogP contribution >= 0.6 is 11.3 Å². The van der Waals surface area contributed by atoms with Crippen LogP contribution in [0.15, 0.2) is 36.4 Å². The number of carbonyl (C=O) groups excluding carboxylic acids is 1. The molecule has 9 nitrogen and oxygen atoms in total. The van der Waals surface area contributed by atoms with Gasteiger partial charge in [-0.1, -0.05) is 29.5 Å². The third-order valence-electron chi connectivity index (χ3n) is 6.07. The van der Waals surface area contributed by atoms with Crippen molar-refractivity contribution in [2.45, 2.75) is 58.6 Å². The van der Waals surface area contributed by atoms with Gasteiger partial charge in [0.2, 0.25) is 10.0 Å². The van der Waals surface area contributed by atoms with Crippen molar-refractivity contribution in [2.75, 3.05) is 12.4 Å². The molecule has 1 aliphatic carbocycles. The molecular weight excluding hydrogens is 524 g/mol. The van der Waals surface area contributed by atoms with E-state index in [4.69, 9.17) is 9.47 Å². The Morgan fingerprint density at radius 2 is 2.03 bits per heavy atom. The summed E-state index contributed by atoms with van der Waals surface area (Å²) in [6, 6.07) is 13.0. The average molecular weight is 555 g/mol. The van der Waals surface area contributed by atoms with Gasteiger partial charge in [-0.2, -0.15) is 5.26 Å². The van der Waals surface area contributed by atoms with E-state index in [1.807, 2.05) is 38.1 Å². The minimum absolute atomic E-state index is 0.0452. The molecule has 1 aliphatic rings. The lowest BCUT2D eigenvalue weighted by molar-refractivity contribution is -0.142. The van der Waals surface area contributed by atoms with Crippen molar-refractivity contribution in [3.63, 3.8) is 0 Å². The van der Waals surface area contributed by atoms with Crippen molar-refractivity contribution in [2.24, 2.45) is 0 Å². The van der Waals surface area contributed by atoms with Gasteiger partial charge in [-0.25, -0.2) is 13.1 Å². The zero-order valence-electron chi connectivity index (χ0n) is 21.6. The van der Waals surface area contributed by atoms with Crippen LogP contribution in [0.3, 0.4) is 0 Å². The number of sulfonamides is 1. The van der Waals surface area contributed by atoms with Crippen LogP contribution in [0.25, 0.3) is 21.1 Å². The van der Waals surface area contributed by atoms with E-state index in [1.165, 1.54) is 11.3 Å². The van der Waals surface area contributed by atoms with Gasteiger partial charge >= 0.3 is 5.97 Å². The maximum absolute atomic E-state index is 12.7. The largest absolute Gasteiger partial charge is 0.490 e. The van der Waals surface area contributed by atoms with Gasteiger partial charge in [0.1, 0.15) is 21.8 Å². The number of nitrogens with one attached hydrogen (secondary N) is 1. The molecule has 0 spiro atoms. The average Bonchev–Trinajstić information content (AvgIpc) is 3.37. The van der Waals surface area contributed by atoms with Gasteiger partial charge in [0.05, 0.1) is 30.4 Å². The molecule has 0 bridgehead atoms. The molecule has 4 rings (SSSR count). The fourth-order valence-corrected chi connectivity index (χ4v) is 6.58. The Morgan fingerprint density at radius 1 is 1.24 bits per heavy atom. The van der Waals surface area contributed by atoms with Crippen LogP contribution in [0, 0.1) is 11.3 Å². The van der Waals surface area contributed by atoms with Crippen LogP contribution < -0.4 is 9.46 Å². The highest BCUT2D eigenvalue weighted by Gasteiger charge is 2.27. The van der Waals surface area contributed by atoms with E-state index >= 15 is 0 Å². The molecular formula is C27H30N4O5S2. The first-order chi connectivity index (χ1) is 18.2. The molecule has 0 aliphatic heterocycles. The Morgan fingerprint density at radius 3 is 2.76 bits per heavy atom. The summed E-state index contributed by atoms with van der Waals surface area (Å²) in [5, 5.41) is 19.8. The number of aromatic nitrogens is 2. The van der Waals surface area contributed by atoms with Crippen molar-refractivity contribution < 1.29 is 22.7 Å².